The number of anilines is 2. The monoisotopic (exact) mass is 439 g/mol. The molecule has 0 amide bonds. The normalized spacial score (nSPS) is 11.7. The molecule has 0 saturated heterocycles. The van der Waals surface area contributed by atoms with Crippen molar-refractivity contribution >= 4 is 34.6 Å². The third-order valence-corrected chi connectivity index (χ3v) is 4.89. The summed E-state index contributed by atoms with van der Waals surface area (Å²) in [7, 11) is 3.61. The lowest BCUT2D eigenvalue weighted by Crippen LogP contribution is -2.29. The Bertz CT molecular complexity index is 1320. The summed E-state index contributed by atoms with van der Waals surface area (Å²) in [4.78, 5) is 10.5. The standard InChI is InChI=1S/C25H25N7O/c1-17-13-19(10-12-23(17)33-20-7-5-4-6-8-20)30-24-21-14-18(9-11-22(21)27-16-28-24)15-29-31-25(26)32(2)3/h4-16H,1-3H3,(H2,26,31)(H,27,28,30). The highest BCUT2D eigenvalue weighted by Crippen LogP contribution is 2.29. The highest BCUT2D eigenvalue weighted by atomic mass is 16.5. The molecular formula is C25H25N7O. The van der Waals surface area contributed by atoms with Crippen molar-refractivity contribution in [3.05, 3.63) is 84.2 Å². The summed E-state index contributed by atoms with van der Waals surface area (Å²) in [5.74, 6) is 2.62. The van der Waals surface area contributed by atoms with Crippen molar-refractivity contribution in [3.63, 3.8) is 0 Å². The molecule has 0 atom stereocenters. The molecule has 4 aromatic rings. The molecule has 0 radical (unpaired) electrons. The summed E-state index contributed by atoms with van der Waals surface area (Å²) in [6.45, 7) is 2.01. The van der Waals surface area contributed by atoms with Gasteiger partial charge >= 0.3 is 0 Å². The number of nitrogens with one attached hydrogen (secondary N) is 1. The molecule has 0 saturated carbocycles. The molecule has 166 valence electrons. The molecule has 0 bridgehead atoms. The number of aryl methyl sites for hydroxylation is 1. The Morgan fingerprint density at radius 2 is 1.85 bits per heavy atom. The number of rotatable bonds is 6. The van der Waals surface area contributed by atoms with Crippen LogP contribution in [0, 0.1) is 6.92 Å². The summed E-state index contributed by atoms with van der Waals surface area (Å²) < 4.78 is 5.98. The van der Waals surface area contributed by atoms with Crippen molar-refractivity contribution in [1.82, 2.24) is 14.9 Å². The van der Waals surface area contributed by atoms with Crippen LogP contribution in [0.3, 0.4) is 0 Å². The van der Waals surface area contributed by atoms with Crippen molar-refractivity contribution < 1.29 is 4.74 Å². The smallest absolute Gasteiger partial charge is 0.215 e. The molecular weight excluding hydrogens is 414 g/mol. The van der Waals surface area contributed by atoms with Gasteiger partial charge in [0.2, 0.25) is 5.96 Å². The summed E-state index contributed by atoms with van der Waals surface area (Å²) in [5.41, 5.74) is 9.36. The molecule has 4 rings (SSSR count). The van der Waals surface area contributed by atoms with Crippen LogP contribution in [0.15, 0.2) is 83.3 Å². The minimum absolute atomic E-state index is 0.327. The summed E-state index contributed by atoms with van der Waals surface area (Å²) >= 11 is 0. The second-order valence-corrected chi connectivity index (χ2v) is 7.62. The number of benzene rings is 3. The lowest BCUT2D eigenvalue weighted by Gasteiger charge is -2.12. The van der Waals surface area contributed by atoms with Crippen molar-refractivity contribution in [2.45, 2.75) is 6.92 Å². The van der Waals surface area contributed by atoms with Gasteiger partial charge in [-0.1, -0.05) is 24.3 Å². The van der Waals surface area contributed by atoms with E-state index in [0.717, 1.165) is 39.2 Å². The number of hydrogen-bond acceptors (Lipinski definition) is 6. The van der Waals surface area contributed by atoms with E-state index >= 15 is 0 Å². The average molecular weight is 440 g/mol. The van der Waals surface area contributed by atoms with Crippen molar-refractivity contribution in [2.75, 3.05) is 19.4 Å². The van der Waals surface area contributed by atoms with Crippen LogP contribution < -0.4 is 15.8 Å². The molecule has 3 N–H and O–H groups in total. The fourth-order valence-corrected chi connectivity index (χ4v) is 3.09. The number of nitrogens with two attached hydrogens (primary N) is 1. The van der Waals surface area contributed by atoms with E-state index in [-0.39, 0.29) is 0 Å². The number of para-hydroxylation sites is 1. The highest BCUT2D eigenvalue weighted by Gasteiger charge is 2.08. The van der Waals surface area contributed by atoms with Crippen molar-refractivity contribution in [1.29, 1.82) is 0 Å². The number of ether oxygens (including phenoxy) is 1. The quantitative estimate of drug-likeness (QED) is 0.257. The van der Waals surface area contributed by atoms with E-state index in [1.54, 1.807) is 17.4 Å². The zero-order chi connectivity index (χ0) is 23.2. The maximum absolute atomic E-state index is 5.98. The predicted octanol–water partition coefficient (Wildman–Crippen LogP) is 4.68. The molecule has 1 aromatic heterocycles. The van der Waals surface area contributed by atoms with Gasteiger partial charge in [-0.25, -0.2) is 9.97 Å². The number of fused-ring (bicyclic) bond motifs is 1. The summed E-state index contributed by atoms with van der Waals surface area (Å²) in [6.07, 6.45) is 3.19. The van der Waals surface area contributed by atoms with Crippen molar-refractivity contribution in [2.24, 2.45) is 15.9 Å². The fraction of sp³-hybridized carbons (Fsp3) is 0.120. The molecule has 3 aromatic carbocycles. The number of hydrogen-bond donors (Lipinski definition) is 2. The van der Waals surface area contributed by atoms with Crippen LogP contribution >= 0.6 is 0 Å². The van der Waals surface area contributed by atoms with Gasteiger partial charge in [0.1, 0.15) is 23.6 Å². The molecule has 0 spiro atoms. The third-order valence-electron chi connectivity index (χ3n) is 4.89. The Morgan fingerprint density at radius 1 is 1.03 bits per heavy atom. The molecule has 0 aliphatic carbocycles. The Morgan fingerprint density at radius 3 is 2.61 bits per heavy atom. The molecule has 0 fully saturated rings. The maximum Gasteiger partial charge on any atom is 0.215 e. The van der Waals surface area contributed by atoms with E-state index in [4.69, 9.17) is 10.5 Å². The zero-order valence-corrected chi connectivity index (χ0v) is 18.7. The highest BCUT2D eigenvalue weighted by molar-refractivity contribution is 5.95. The lowest BCUT2D eigenvalue weighted by atomic mass is 10.1. The van der Waals surface area contributed by atoms with Crippen LogP contribution in [-0.4, -0.2) is 41.1 Å². The molecule has 8 nitrogen and oxygen atoms in total. The molecule has 1 heterocycles. The molecule has 0 unspecified atom stereocenters. The van der Waals surface area contributed by atoms with Gasteiger partial charge in [0.15, 0.2) is 0 Å². The van der Waals surface area contributed by atoms with E-state index in [1.807, 2.05) is 87.7 Å². The van der Waals surface area contributed by atoms with E-state index in [2.05, 4.69) is 25.5 Å². The minimum atomic E-state index is 0.327. The Hall–Kier alpha value is -4.46. The second-order valence-electron chi connectivity index (χ2n) is 7.62. The number of guanidine groups is 1. The van der Waals surface area contributed by atoms with Gasteiger partial charge < -0.3 is 20.7 Å². The van der Waals surface area contributed by atoms with E-state index in [1.165, 1.54) is 0 Å². The van der Waals surface area contributed by atoms with E-state index in [9.17, 15) is 0 Å². The first-order chi connectivity index (χ1) is 16.0. The largest absolute Gasteiger partial charge is 0.457 e. The molecule has 8 heteroatoms. The fourth-order valence-electron chi connectivity index (χ4n) is 3.09. The van der Waals surface area contributed by atoms with Gasteiger partial charge in [-0.05, 0) is 60.5 Å². The minimum Gasteiger partial charge on any atom is -0.457 e. The van der Waals surface area contributed by atoms with Gasteiger partial charge in [0.05, 0.1) is 11.7 Å². The molecule has 0 aliphatic rings. The third kappa shape index (κ3) is 5.43. The number of aromatic nitrogens is 2. The van der Waals surface area contributed by atoms with Crippen LogP contribution in [0.1, 0.15) is 11.1 Å². The Kier molecular flexibility index (Phi) is 6.45. The van der Waals surface area contributed by atoms with Crippen LogP contribution in [-0.2, 0) is 0 Å². The van der Waals surface area contributed by atoms with E-state index in [0.29, 0.717) is 11.8 Å². The zero-order valence-electron chi connectivity index (χ0n) is 18.7. The van der Waals surface area contributed by atoms with Crippen LogP contribution in [0.4, 0.5) is 11.5 Å². The number of nitrogens with zero attached hydrogens (tertiary/aromatic N) is 5. The summed E-state index contributed by atoms with van der Waals surface area (Å²) in [6, 6.07) is 21.4. The van der Waals surface area contributed by atoms with Gasteiger partial charge in [-0.2, -0.15) is 5.10 Å². The van der Waals surface area contributed by atoms with Crippen molar-refractivity contribution in [3.8, 4) is 11.5 Å². The first-order valence-electron chi connectivity index (χ1n) is 10.4. The lowest BCUT2D eigenvalue weighted by molar-refractivity contribution is 0.479. The predicted molar refractivity (Wildman–Crippen MR) is 133 cm³/mol. The Balaban J connectivity index is 1.57. The topological polar surface area (TPSA) is 101 Å². The summed E-state index contributed by atoms with van der Waals surface area (Å²) in [5, 5.41) is 12.3. The van der Waals surface area contributed by atoms with Crippen LogP contribution in [0.25, 0.3) is 10.9 Å². The SMILES string of the molecule is Cc1cc(Nc2ncnc3ccc(C=NN=C(N)N(C)C)cc23)ccc1Oc1ccccc1. The second kappa shape index (κ2) is 9.78. The average Bonchev–Trinajstić information content (AvgIpc) is 2.82. The molecule has 33 heavy (non-hydrogen) atoms. The maximum atomic E-state index is 5.98. The Labute approximate surface area is 192 Å². The van der Waals surface area contributed by atoms with Gasteiger partial charge in [0.25, 0.3) is 0 Å². The van der Waals surface area contributed by atoms with Gasteiger partial charge in [-0.3, -0.25) is 0 Å². The van der Waals surface area contributed by atoms with Gasteiger partial charge in [-0.15, -0.1) is 5.10 Å². The van der Waals surface area contributed by atoms with Crippen LogP contribution in [0.2, 0.25) is 0 Å². The van der Waals surface area contributed by atoms with E-state index < -0.39 is 0 Å². The van der Waals surface area contributed by atoms with Gasteiger partial charge in [0, 0.05) is 25.2 Å². The molecule has 0 aliphatic heterocycles. The first kappa shape index (κ1) is 21.8. The van der Waals surface area contributed by atoms with Crippen LogP contribution in [0.5, 0.6) is 11.5 Å². The first-order valence-corrected chi connectivity index (χ1v) is 10.4.